The van der Waals surface area contributed by atoms with Gasteiger partial charge >= 0.3 is 6.18 Å². The quantitative estimate of drug-likeness (QED) is 0.502. The maximum Gasteiger partial charge on any atom is 0.401 e. The van der Waals surface area contributed by atoms with E-state index in [0.29, 0.717) is 18.2 Å². The van der Waals surface area contributed by atoms with Crippen LogP contribution in [0.25, 0.3) is 0 Å². The Kier molecular flexibility index (Phi) is 6.81. The SMILES string of the molecule is CCCCCCC(SC#N)C(F)(F)F. The Labute approximate surface area is 86.7 Å². The van der Waals surface area contributed by atoms with E-state index in [-0.39, 0.29) is 6.42 Å². The molecule has 0 saturated heterocycles. The van der Waals surface area contributed by atoms with Crippen LogP contribution in [0.3, 0.4) is 0 Å². The second-order valence-electron chi connectivity index (χ2n) is 3.09. The Bertz CT molecular complexity index is 185. The van der Waals surface area contributed by atoms with Gasteiger partial charge in [0.2, 0.25) is 0 Å². The van der Waals surface area contributed by atoms with Crippen molar-refractivity contribution in [3.05, 3.63) is 0 Å². The highest BCUT2D eigenvalue weighted by molar-refractivity contribution is 8.04. The highest BCUT2D eigenvalue weighted by Gasteiger charge is 2.39. The van der Waals surface area contributed by atoms with Crippen molar-refractivity contribution in [1.82, 2.24) is 0 Å². The standard InChI is InChI=1S/C9H14F3NS/c1-2-3-4-5-6-8(14-7-13)9(10,11)12/h8H,2-6H2,1H3. The zero-order chi connectivity index (χ0) is 11.0. The topological polar surface area (TPSA) is 23.8 Å². The summed E-state index contributed by atoms with van der Waals surface area (Å²) in [5.74, 6) is 0. The van der Waals surface area contributed by atoms with Crippen LogP contribution in [-0.2, 0) is 0 Å². The van der Waals surface area contributed by atoms with Crippen LogP contribution in [0.2, 0.25) is 0 Å². The smallest absolute Gasteiger partial charge is 0.185 e. The summed E-state index contributed by atoms with van der Waals surface area (Å²) in [5, 5.41) is 8.22. The Morgan fingerprint density at radius 1 is 1.29 bits per heavy atom. The lowest BCUT2D eigenvalue weighted by Crippen LogP contribution is -2.25. The van der Waals surface area contributed by atoms with E-state index in [1.54, 1.807) is 0 Å². The molecule has 0 fully saturated rings. The average Bonchev–Trinajstić information content (AvgIpc) is 2.08. The molecular formula is C9H14F3NS. The third-order valence-electron chi connectivity index (χ3n) is 1.88. The predicted octanol–water partition coefficient (Wildman–Crippen LogP) is 4.10. The minimum Gasteiger partial charge on any atom is -0.185 e. The van der Waals surface area contributed by atoms with E-state index in [1.807, 2.05) is 6.92 Å². The average molecular weight is 225 g/mol. The number of nitriles is 1. The lowest BCUT2D eigenvalue weighted by atomic mass is 10.1. The maximum atomic E-state index is 12.2. The fourth-order valence-electron chi connectivity index (χ4n) is 1.11. The van der Waals surface area contributed by atoms with Crippen LogP contribution in [0.4, 0.5) is 13.2 Å². The van der Waals surface area contributed by atoms with E-state index < -0.39 is 11.4 Å². The van der Waals surface area contributed by atoms with Crippen LogP contribution >= 0.6 is 11.8 Å². The maximum absolute atomic E-state index is 12.2. The molecule has 0 saturated carbocycles. The highest BCUT2D eigenvalue weighted by atomic mass is 32.2. The highest BCUT2D eigenvalue weighted by Crippen LogP contribution is 2.33. The normalized spacial score (nSPS) is 13.6. The zero-order valence-corrected chi connectivity index (χ0v) is 8.92. The van der Waals surface area contributed by atoms with Gasteiger partial charge in [-0.25, -0.2) is 0 Å². The summed E-state index contributed by atoms with van der Waals surface area (Å²) in [6.07, 6.45) is -0.861. The summed E-state index contributed by atoms with van der Waals surface area (Å²) in [7, 11) is 0. The number of hydrogen-bond acceptors (Lipinski definition) is 2. The van der Waals surface area contributed by atoms with Crippen molar-refractivity contribution in [3.63, 3.8) is 0 Å². The molecule has 0 aromatic carbocycles. The molecule has 0 aliphatic rings. The number of thioether (sulfide) groups is 1. The minimum absolute atomic E-state index is 0.0573. The first-order valence-corrected chi connectivity index (χ1v) is 5.51. The molecule has 0 N–H and O–H groups in total. The number of alkyl halides is 3. The van der Waals surface area contributed by atoms with Crippen molar-refractivity contribution in [1.29, 1.82) is 5.26 Å². The van der Waals surface area contributed by atoms with Gasteiger partial charge in [0, 0.05) is 0 Å². The van der Waals surface area contributed by atoms with Crippen molar-refractivity contribution in [2.75, 3.05) is 0 Å². The number of thiocyanates is 1. The Balaban J connectivity index is 3.81. The van der Waals surface area contributed by atoms with Gasteiger partial charge in [0.1, 0.15) is 10.7 Å². The molecule has 0 rings (SSSR count). The van der Waals surface area contributed by atoms with Crippen molar-refractivity contribution in [2.24, 2.45) is 0 Å². The van der Waals surface area contributed by atoms with Gasteiger partial charge in [-0.1, -0.05) is 32.6 Å². The molecule has 5 heteroatoms. The molecule has 0 bridgehead atoms. The number of unbranched alkanes of at least 4 members (excludes halogenated alkanes) is 3. The van der Waals surface area contributed by atoms with Crippen LogP contribution in [0.5, 0.6) is 0 Å². The van der Waals surface area contributed by atoms with E-state index >= 15 is 0 Å². The molecule has 0 spiro atoms. The fourth-order valence-corrected chi connectivity index (χ4v) is 1.65. The predicted molar refractivity (Wildman–Crippen MR) is 51.8 cm³/mol. The molecule has 0 aliphatic heterocycles. The lowest BCUT2D eigenvalue weighted by molar-refractivity contribution is -0.129. The number of nitrogens with zero attached hydrogens (tertiary/aromatic N) is 1. The van der Waals surface area contributed by atoms with Crippen LogP contribution < -0.4 is 0 Å². The van der Waals surface area contributed by atoms with Crippen molar-refractivity contribution in [2.45, 2.75) is 50.5 Å². The molecule has 1 nitrogen and oxygen atoms in total. The van der Waals surface area contributed by atoms with E-state index in [4.69, 9.17) is 5.26 Å². The van der Waals surface area contributed by atoms with Gasteiger partial charge in [-0.3, -0.25) is 0 Å². The first-order chi connectivity index (χ1) is 6.52. The second kappa shape index (κ2) is 6.99. The fraction of sp³-hybridized carbons (Fsp3) is 0.889. The Morgan fingerprint density at radius 2 is 1.93 bits per heavy atom. The Morgan fingerprint density at radius 3 is 2.36 bits per heavy atom. The summed E-state index contributed by atoms with van der Waals surface area (Å²) in [6, 6.07) is 0. The summed E-state index contributed by atoms with van der Waals surface area (Å²) in [4.78, 5) is 0. The third kappa shape index (κ3) is 6.14. The molecule has 1 atom stereocenters. The van der Waals surface area contributed by atoms with Gasteiger partial charge in [-0.15, -0.1) is 0 Å². The summed E-state index contributed by atoms with van der Waals surface area (Å²) < 4.78 is 36.7. The van der Waals surface area contributed by atoms with Gasteiger partial charge < -0.3 is 0 Å². The van der Waals surface area contributed by atoms with Gasteiger partial charge in [-0.05, 0) is 18.2 Å². The molecule has 0 radical (unpaired) electrons. The minimum atomic E-state index is -4.24. The van der Waals surface area contributed by atoms with Crippen LogP contribution in [0.15, 0.2) is 0 Å². The van der Waals surface area contributed by atoms with Crippen molar-refractivity contribution >= 4 is 11.8 Å². The largest absolute Gasteiger partial charge is 0.401 e. The second-order valence-corrected chi connectivity index (χ2v) is 4.08. The van der Waals surface area contributed by atoms with Crippen molar-refractivity contribution in [3.8, 4) is 5.40 Å². The number of halogens is 3. The zero-order valence-electron chi connectivity index (χ0n) is 8.10. The monoisotopic (exact) mass is 225 g/mol. The molecule has 82 valence electrons. The summed E-state index contributed by atoms with van der Waals surface area (Å²) >= 11 is 0.322. The lowest BCUT2D eigenvalue weighted by Gasteiger charge is -2.15. The van der Waals surface area contributed by atoms with Crippen LogP contribution in [0, 0.1) is 10.7 Å². The first kappa shape index (κ1) is 13.6. The van der Waals surface area contributed by atoms with Gasteiger partial charge in [-0.2, -0.15) is 18.4 Å². The molecule has 0 amide bonds. The van der Waals surface area contributed by atoms with Crippen LogP contribution in [-0.4, -0.2) is 11.4 Å². The molecule has 14 heavy (non-hydrogen) atoms. The number of rotatable bonds is 6. The van der Waals surface area contributed by atoms with Crippen LogP contribution in [0.1, 0.15) is 39.0 Å². The van der Waals surface area contributed by atoms with E-state index in [9.17, 15) is 13.2 Å². The molecule has 0 aliphatic carbocycles. The van der Waals surface area contributed by atoms with Crippen molar-refractivity contribution < 1.29 is 13.2 Å². The third-order valence-corrected chi connectivity index (χ3v) is 2.77. The van der Waals surface area contributed by atoms with Gasteiger partial charge in [0.15, 0.2) is 0 Å². The molecule has 0 aromatic rings. The first-order valence-electron chi connectivity index (χ1n) is 4.63. The summed E-state index contributed by atoms with van der Waals surface area (Å²) in [5.41, 5.74) is 0. The molecule has 0 aromatic heterocycles. The molecular weight excluding hydrogens is 211 g/mol. The molecule has 1 unspecified atom stereocenters. The number of hydrogen-bond donors (Lipinski definition) is 0. The van der Waals surface area contributed by atoms with E-state index in [2.05, 4.69) is 0 Å². The Hall–Kier alpha value is -0.370. The van der Waals surface area contributed by atoms with Gasteiger partial charge in [0.05, 0.1) is 0 Å². The van der Waals surface area contributed by atoms with E-state index in [1.165, 1.54) is 5.40 Å². The molecule has 0 heterocycles. The van der Waals surface area contributed by atoms with E-state index in [0.717, 1.165) is 19.3 Å². The van der Waals surface area contributed by atoms with Gasteiger partial charge in [0.25, 0.3) is 0 Å². The summed E-state index contributed by atoms with van der Waals surface area (Å²) in [6.45, 7) is 2.01.